The number of ether oxygens (including phenoxy) is 1. The average molecular weight is 342 g/mol. The summed E-state index contributed by atoms with van der Waals surface area (Å²) in [4.78, 5) is 12.9. The first-order valence-electron chi connectivity index (χ1n) is 8.20. The summed E-state index contributed by atoms with van der Waals surface area (Å²) < 4.78 is 5.13. The molecule has 128 valence electrons. The lowest BCUT2D eigenvalue weighted by atomic mass is 9.95. The Morgan fingerprint density at radius 3 is 2.50 bits per heavy atom. The molecule has 0 heterocycles. The van der Waals surface area contributed by atoms with Crippen molar-refractivity contribution in [3.8, 4) is 17.2 Å². The molecule has 0 aliphatic heterocycles. The van der Waals surface area contributed by atoms with Gasteiger partial charge < -0.3 is 10.1 Å². The summed E-state index contributed by atoms with van der Waals surface area (Å²) in [5, 5.41) is 12.3. The number of carbonyl (C=O) groups excluding carboxylic acids is 1. The molecule has 0 saturated heterocycles. The fraction of sp³-hybridized carbons (Fsp3) is 0.0909. The van der Waals surface area contributed by atoms with Crippen molar-refractivity contribution in [2.75, 3.05) is 12.4 Å². The van der Waals surface area contributed by atoms with Crippen LogP contribution in [-0.2, 0) is 11.3 Å². The lowest BCUT2D eigenvalue weighted by molar-refractivity contribution is 0.102. The molecule has 3 rings (SSSR count). The topological polar surface area (TPSA) is 62.1 Å². The molecule has 3 aromatic rings. The van der Waals surface area contributed by atoms with E-state index in [1.54, 1.807) is 19.2 Å². The molecular formula is C22H18N2O2. The summed E-state index contributed by atoms with van der Waals surface area (Å²) in [5.74, 6) is -0.220. The molecule has 26 heavy (non-hydrogen) atoms. The molecule has 0 unspecified atom stereocenters. The second-order valence-electron chi connectivity index (χ2n) is 5.79. The van der Waals surface area contributed by atoms with Gasteiger partial charge in [0.2, 0.25) is 0 Å². The van der Waals surface area contributed by atoms with E-state index in [1.165, 1.54) is 0 Å². The highest BCUT2D eigenvalue weighted by molar-refractivity contribution is 6.09. The Hall–Kier alpha value is -3.42. The molecule has 1 amide bonds. The summed E-state index contributed by atoms with van der Waals surface area (Å²) in [6.45, 7) is 0.482. The van der Waals surface area contributed by atoms with Crippen LogP contribution in [0.2, 0.25) is 0 Å². The van der Waals surface area contributed by atoms with Crippen LogP contribution in [0.3, 0.4) is 0 Å². The molecule has 4 heteroatoms. The summed E-state index contributed by atoms with van der Waals surface area (Å²) in [5.41, 5.74) is 4.22. The number of nitrogens with one attached hydrogen (secondary N) is 1. The van der Waals surface area contributed by atoms with E-state index in [1.807, 2.05) is 60.7 Å². The van der Waals surface area contributed by atoms with E-state index < -0.39 is 0 Å². The monoisotopic (exact) mass is 342 g/mol. The zero-order chi connectivity index (χ0) is 18.4. The number of rotatable bonds is 5. The van der Waals surface area contributed by atoms with Crippen molar-refractivity contribution in [1.29, 1.82) is 5.26 Å². The first-order chi connectivity index (χ1) is 12.7. The van der Waals surface area contributed by atoms with Crippen molar-refractivity contribution in [3.05, 3.63) is 89.5 Å². The van der Waals surface area contributed by atoms with Crippen molar-refractivity contribution >= 4 is 11.6 Å². The maximum atomic E-state index is 12.9. The molecular weight excluding hydrogens is 324 g/mol. The van der Waals surface area contributed by atoms with Gasteiger partial charge in [-0.25, -0.2) is 0 Å². The second-order valence-corrected chi connectivity index (χ2v) is 5.79. The van der Waals surface area contributed by atoms with Gasteiger partial charge in [0.05, 0.1) is 18.2 Å². The van der Waals surface area contributed by atoms with Crippen molar-refractivity contribution in [1.82, 2.24) is 0 Å². The fourth-order valence-electron chi connectivity index (χ4n) is 2.84. The highest BCUT2D eigenvalue weighted by Crippen LogP contribution is 2.27. The van der Waals surface area contributed by atoms with Gasteiger partial charge in [0.25, 0.3) is 5.91 Å². The number of anilines is 1. The van der Waals surface area contributed by atoms with Gasteiger partial charge >= 0.3 is 0 Å². The number of benzene rings is 3. The minimum atomic E-state index is -0.220. The Bertz CT molecular complexity index is 974. The van der Waals surface area contributed by atoms with Crippen LogP contribution < -0.4 is 5.32 Å². The predicted molar refractivity (Wildman–Crippen MR) is 102 cm³/mol. The van der Waals surface area contributed by atoms with E-state index in [2.05, 4.69) is 11.4 Å². The third-order valence-corrected chi connectivity index (χ3v) is 4.01. The van der Waals surface area contributed by atoms with Crippen LogP contribution in [0.25, 0.3) is 11.1 Å². The van der Waals surface area contributed by atoms with Crippen molar-refractivity contribution in [3.63, 3.8) is 0 Å². The molecule has 0 saturated carbocycles. The summed E-state index contributed by atoms with van der Waals surface area (Å²) in [7, 11) is 1.63. The first-order valence-corrected chi connectivity index (χ1v) is 8.20. The van der Waals surface area contributed by atoms with Gasteiger partial charge in [-0.3, -0.25) is 4.79 Å². The third-order valence-electron chi connectivity index (χ3n) is 4.01. The Balaban J connectivity index is 1.94. The van der Waals surface area contributed by atoms with Crippen LogP contribution in [0.4, 0.5) is 5.69 Å². The molecule has 0 aliphatic rings. The van der Waals surface area contributed by atoms with Crippen molar-refractivity contribution < 1.29 is 9.53 Å². The molecule has 0 fully saturated rings. The van der Waals surface area contributed by atoms with E-state index in [0.29, 0.717) is 23.4 Å². The molecule has 0 spiro atoms. The van der Waals surface area contributed by atoms with Crippen LogP contribution in [0.5, 0.6) is 0 Å². The van der Waals surface area contributed by atoms with Crippen molar-refractivity contribution in [2.24, 2.45) is 0 Å². The lowest BCUT2D eigenvalue weighted by Crippen LogP contribution is -2.13. The average Bonchev–Trinajstić information content (AvgIpc) is 2.68. The van der Waals surface area contributed by atoms with E-state index >= 15 is 0 Å². The Morgan fingerprint density at radius 2 is 1.73 bits per heavy atom. The quantitative estimate of drug-likeness (QED) is 0.735. The van der Waals surface area contributed by atoms with Crippen LogP contribution in [0.15, 0.2) is 72.8 Å². The van der Waals surface area contributed by atoms with Crippen molar-refractivity contribution in [2.45, 2.75) is 6.61 Å². The molecule has 3 aromatic carbocycles. The molecule has 0 atom stereocenters. The minimum Gasteiger partial charge on any atom is -0.380 e. The number of carbonyl (C=O) groups is 1. The smallest absolute Gasteiger partial charge is 0.256 e. The molecule has 0 bridgehead atoms. The largest absolute Gasteiger partial charge is 0.380 e. The number of hydrogen-bond donors (Lipinski definition) is 1. The van der Waals surface area contributed by atoms with Crippen LogP contribution in [0.1, 0.15) is 21.5 Å². The van der Waals surface area contributed by atoms with E-state index in [4.69, 9.17) is 4.74 Å². The summed E-state index contributed by atoms with van der Waals surface area (Å²) in [6.07, 6.45) is 0. The highest BCUT2D eigenvalue weighted by Gasteiger charge is 2.15. The predicted octanol–water partition coefficient (Wildman–Crippen LogP) is 4.62. The number of amides is 1. The zero-order valence-corrected chi connectivity index (χ0v) is 14.4. The first kappa shape index (κ1) is 17.4. The van der Waals surface area contributed by atoms with Gasteiger partial charge in [-0.15, -0.1) is 0 Å². The fourth-order valence-corrected chi connectivity index (χ4v) is 2.84. The number of methoxy groups -OCH3 is 1. The van der Waals surface area contributed by atoms with E-state index in [-0.39, 0.29) is 5.91 Å². The maximum absolute atomic E-state index is 12.9. The number of nitriles is 1. The molecule has 4 nitrogen and oxygen atoms in total. The van der Waals surface area contributed by atoms with Gasteiger partial charge in [0.15, 0.2) is 0 Å². The van der Waals surface area contributed by atoms with Gasteiger partial charge in [-0.05, 0) is 35.4 Å². The zero-order valence-electron chi connectivity index (χ0n) is 14.4. The number of nitrogens with zero attached hydrogens (tertiary/aromatic N) is 1. The van der Waals surface area contributed by atoms with Gasteiger partial charge in [-0.2, -0.15) is 5.26 Å². The van der Waals surface area contributed by atoms with Gasteiger partial charge in [-0.1, -0.05) is 48.5 Å². The van der Waals surface area contributed by atoms with Crippen LogP contribution >= 0.6 is 0 Å². The SMILES string of the molecule is COCc1cccc(NC(=O)c2ccccc2-c2ccccc2C#N)c1. The summed E-state index contributed by atoms with van der Waals surface area (Å²) >= 11 is 0. The lowest BCUT2D eigenvalue weighted by Gasteiger charge is -2.12. The van der Waals surface area contributed by atoms with E-state index in [9.17, 15) is 10.1 Å². The number of hydrogen-bond acceptors (Lipinski definition) is 3. The Kier molecular flexibility index (Phi) is 5.43. The Labute approximate surface area is 152 Å². The highest BCUT2D eigenvalue weighted by atomic mass is 16.5. The van der Waals surface area contributed by atoms with Gasteiger partial charge in [0, 0.05) is 23.9 Å². The van der Waals surface area contributed by atoms with Gasteiger partial charge in [0.1, 0.15) is 0 Å². The van der Waals surface area contributed by atoms with E-state index in [0.717, 1.165) is 16.7 Å². The maximum Gasteiger partial charge on any atom is 0.256 e. The molecule has 0 aromatic heterocycles. The Morgan fingerprint density at radius 1 is 1.00 bits per heavy atom. The van der Waals surface area contributed by atoms with Crippen LogP contribution in [-0.4, -0.2) is 13.0 Å². The minimum absolute atomic E-state index is 0.220. The van der Waals surface area contributed by atoms with Crippen LogP contribution in [0, 0.1) is 11.3 Å². The third kappa shape index (κ3) is 3.80. The molecule has 0 aliphatic carbocycles. The normalized spacial score (nSPS) is 10.2. The molecule has 1 N–H and O–H groups in total. The molecule has 0 radical (unpaired) electrons. The standard InChI is InChI=1S/C22H18N2O2/c1-26-15-16-7-6-9-18(13-16)24-22(25)21-12-5-4-11-20(21)19-10-3-2-8-17(19)14-23/h2-13H,15H2,1H3,(H,24,25). The second kappa shape index (κ2) is 8.11. The summed E-state index contributed by atoms with van der Waals surface area (Å²) in [6, 6.07) is 24.3.